The Labute approximate surface area is 164 Å². The van der Waals surface area contributed by atoms with E-state index in [4.69, 9.17) is 4.74 Å². The molecule has 0 saturated carbocycles. The molecule has 1 fully saturated rings. The molecule has 1 N–H and O–H groups in total. The van der Waals surface area contributed by atoms with E-state index in [9.17, 15) is 9.59 Å². The Kier molecular flexibility index (Phi) is 6.41. The van der Waals surface area contributed by atoms with Crippen LogP contribution in [0.15, 0.2) is 35.3 Å². The SMILES string of the molecule is CCCn1nc(C(=O)NCc2ccc(N3CC(C)OC(C)C3)nc2)ccc1=O. The average molecular weight is 385 g/mol. The molecule has 0 spiro atoms. The fourth-order valence-electron chi connectivity index (χ4n) is 3.29. The van der Waals surface area contributed by atoms with Gasteiger partial charge in [-0.15, -0.1) is 0 Å². The van der Waals surface area contributed by atoms with Crippen molar-refractivity contribution in [2.45, 2.75) is 52.5 Å². The van der Waals surface area contributed by atoms with Crippen LogP contribution in [0.4, 0.5) is 5.82 Å². The number of nitrogens with one attached hydrogen (secondary N) is 1. The summed E-state index contributed by atoms with van der Waals surface area (Å²) in [5, 5.41) is 6.95. The quantitative estimate of drug-likeness (QED) is 0.812. The maximum Gasteiger partial charge on any atom is 0.271 e. The topological polar surface area (TPSA) is 89.3 Å². The predicted octanol–water partition coefficient (Wildman–Crippen LogP) is 1.59. The standard InChI is InChI=1S/C20H27N5O3/c1-4-9-25-19(26)8-6-17(23-25)20(27)22-11-16-5-7-18(21-10-16)24-12-14(2)28-15(3)13-24/h5-8,10,14-15H,4,9,11-13H2,1-3H3,(H,22,27). The largest absolute Gasteiger partial charge is 0.372 e. The minimum atomic E-state index is -0.315. The van der Waals surface area contributed by atoms with Crippen LogP contribution in [0.2, 0.25) is 0 Å². The maximum absolute atomic E-state index is 12.3. The molecule has 1 saturated heterocycles. The Bertz CT molecular complexity index is 855. The number of ether oxygens (including phenoxy) is 1. The maximum atomic E-state index is 12.3. The van der Waals surface area contributed by atoms with Crippen molar-refractivity contribution in [2.75, 3.05) is 18.0 Å². The minimum Gasteiger partial charge on any atom is -0.372 e. The van der Waals surface area contributed by atoms with E-state index >= 15 is 0 Å². The highest BCUT2D eigenvalue weighted by Gasteiger charge is 2.23. The van der Waals surface area contributed by atoms with E-state index in [1.54, 1.807) is 6.20 Å². The number of aryl methyl sites for hydroxylation is 1. The van der Waals surface area contributed by atoms with Gasteiger partial charge in [0.1, 0.15) is 11.5 Å². The van der Waals surface area contributed by atoms with Gasteiger partial charge in [-0.3, -0.25) is 9.59 Å². The van der Waals surface area contributed by atoms with Gasteiger partial charge in [-0.05, 0) is 38.0 Å². The van der Waals surface area contributed by atoms with Crippen LogP contribution in [0.5, 0.6) is 0 Å². The summed E-state index contributed by atoms with van der Waals surface area (Å²) in [6, 6.07) is 6.74. The summed E-state index contributed by atoms with van der Waals surface area (Å²) < 4.78 is 7.07. The van der Waals surface area contributed by atoms with Gasteiger partial charge in [0, 0.05) is 38.4 Å². The van der Waals surface area contributed by atoms with E-state index in [0.29, 0.717) is 13.1 Å². The van der Waals surface area contributed by atoms with Crippen LogP contribution in [-0.2, 0) is 17.8 Å². The molecule has 1 aliphatic heterocycles. The first kappa shape index (κ1) is 20.0. The number of nitrogens with zero attached hydrogens (tertiary/aromatic N) is 4. The molecule has 28 heavy (non-hydrogen) atoms. The van der Waals surface area contributed by atoms with E-state index in [1.165, 1.54) is 16.8 Å². The van der Waals surface area contributed by atoms with Crippen LogP contribution in [0.3, 0.4) is 0 Å². The smallest absolute Gasteiger partial charge is 0.271 e. The van der Waals surface area contributed by atoms with Gasteiger partial charge in [-0.2, -0.15) is 5.10 Å². The van der Waals surface area contributed by atoms with Gasteiger partial charge in [0.2, 0.25) is 0 Å². The number of amides is 1. The van der Waals surface area contributed by atoms with Gasteiger partial charge < -0.3 is 15.0 Å². The molecule has 8 nitrogen and oxygen atoms in total. The van der Waals surface area contributed by atoms with E-state index in [0.717, 1.165) is 30.9 Å². The zero-order valence-electron chi connectivity index (χ0n) is 16.6. The lowest BCUT2D eigenvalue weighted by atomic mass is 10.2. The van der Waals surface area contributed by atoms with E-state index in [2.05, 4.69) is 34.1 Å². The molecule has 1 aliphatic rings. The average Bonchev–Trinajstić information content (AvgIpc) is 2.67. The second-order valence-corrected chi connectivity index (χ2v) is 7.15. The van der Waals surface area contributed by atoms with Gasteiger partial charge in [0.25, 0.3) is 11.5 Å². The van der Waals surface area contributed by atoms with Gasteiger partial charge >= 0.3 is 0 Å². The summed E-state index contributed by atoms with van der Waals surface area (Å²) in [5.41, 5.74) is 0.923. The number of rotatable bonds is 6. The van der Waals surface area contributed by atoms with Crippen LogP contribution in [0, 0.1) is 0 Å². The molecule has 8 heteroatoms. The first-order valence-corrected chi connectivity index (χ1v) is 9.68. The lowest BCUT2D eigenvalue weighted by Gasteiger charge is -2.36. The number of morpholine rings is 1. The lowest BCUT2D eigenvalue weighted by Crippen LogP contribution is -2.45. The number of pyridine rings is 1. The molecular formula is C20H27N5O3. The van der Waals surface area contributed by atoms with Crippen LogP contribution in [0.1, 0.15) is 43.2 Å². The van der Waals surface area contributed by atoms with Crippen molar-refractivity contribution in [3.05, 3.63) is 52.1 Å². The van der Waals surface area contributed by atoms with Crippen molar-refractivity contribution < 1.29 is 9.53 Å². The molecular weight excluding hydrogens is 358 g/mol. The molecule has 3 rings (SSSR count). The summed E-state index contributed by atoms with van der Waals surface area (Å²) in [6.07, 6.45) is 2.89. The molecule has 0 radical (unpaired) electrons. The lowest BCUT2D eigenvalue weighted by molar-refractivity contribution is -0.00546. The molecule has 0 aliphatic carbocycles. The van der Waals surface area contributed by atoms with Crippen molar-refractivity contribution >= 4 is 11.7 Å². The zero-order chi connectivity index (χ0) is 20.1. The Balaban J connectivity index is 1.59. The predicted molar refractivity (Wildman–Crippen MR) is 106 cm³/mol. The Morgan fingerprint density at radius 1 is 1.21 bits per heavy atom. The first-order valence-electron chi connectivity index (χ1n) is 9.68. The van der Waals surface area contributed by atoms with Gasteiger partial charge in [-0.25, -0.2) is 9.67 Å². The highest BCUT2D eigenvalue weighted by molar-refractivity contribution is 5.91. The number of aromatic nitrogens is 3. The van der Waals surface area contributed by atoms with Crippen molar-refractivity contribution in [2.24, 2.45) is 0 Å². The van der Waals surface area contributed by atoms with Crippen LogP contribution in [0.25, 0.3) is 0 Å². The Morgan fingerprint density at radius 2 is 1.96 bits per heavy atom. The minimum absolute atomic E-state index is 0.174. The second-order valence-electron chi connectivity index (χ2n) is 7.15. The number of carbonyl (C=O) groups excluding carboxylic acids is 1. The Morgan fingerprint density at radius 3 is 2.61 bits per heavy atom. The van der Waals surface area contributed by atoms with Crippen molar-refractivity contribution in [1.82, 2.24) is 20.1 Å². The first-order chi connectivity index (χ1) is 13.5. The summed E-state index contributed by atoms with van der Waals surface area (Å²) in [6.45, 7) is 8.53. The molecule has 2 unspecified atom stereocenters. The van der Waals surface area contributed by atoms with Crippen molar-refractivity contribution in [1.29, 1.82) is 0 Å². The van der Waals surface area contributed by atoms with Gasteiger partial charge in [0.05, 0.1) is 12.2 Å². The van der Waals surface area contributed by atoms with Crippen molar-refractivity contribution in [3.8, 4) is 0 Å². The fraction of sp³-hybridized carbons (Fsp3) is 0.500. The molecule has 2 atom stereocenters. The second kappa shape index (κ2) is 8.97. The highest BCUT2D eigenvalue weighted by atomic mass is 16.5. The Hall–Kier alpha value is -2.74. The van der Waals surface area contributed by atoms with E-state index in [1.807, 2.05) is 19.1 Å². The fourth-order valence-corrected chi connectivity index (χ4v) is 3.29. The summed E-state index contributed by atoms with van der Waals surface area (Å²) in [4.78, 5) is 30.8. The molecule has 2 aromatic rings. The van der Waals surface area contributed by atoms with E-state index in [-0.39, 0.29) is 29.4 Å². The number of anilines is 1. The van der Waals surface area contributed by atoms with Crippen LogP contribution in [-0.4, -0.2) is 46.0 Å². The third-order valence-corrected chi connectivity index (χ3v) is 4.54. The highest BCUT2D eigenvalue weighted by Crippen LogP contribution is 2.18. The number of hydrogen-bond donors (Lipinski definition) is 1. The van der Waals surface area contributed by atoms with Gasteiger partial charge in [0.15, 0.2) is 0 Å². The third kappa shape index (κ3) is 4.95. The van der Waals surface area contributed by atoms with Crippen molar-refractivity contribution in [3.63, 3.8) is 0 Å². The number of hydrogen-bond acceptors (Lipinski definition) is 6. The normalized spacial score (nSPS) is 19.5. The number of carbonyl (C=O) groups is 1. The summed E-state index contributed by atoms with van der Waals surface area (Å²) in [7, 11) is 0. The molecule has 2 aromatic heterocycles. The summed E-state index contributed by atoms with van der Waals surface area (Å²) in [5.74, 6) is 0.593. The summed E-state index contributed by atoms with van der Waals surface area (Å²) >= 11 is 0. The van der Waals surface area contributed by atoms with E-state index < -0.39 is 0 Å². The molecule has 0 aromatic carbocycles. The molecule has 0 bridgehead atoms. The molecule has 3 heterocycles. The monoisotopic (exact) mass is 385 g/mol. The van der Waals surface area contributed by atoms with Crippen LogP contribution >= 0.6 is 0 Å². The zero-order valence-corrected chi connectivity index (χ0v) is 16.6. The molecule has 1 amide bonds. The van der Waals surface area contributed by atoms with Gasteiger partial charge in [-0.1, -0.05) is 13.0 Å². The molecule has 150 valence electrons. The third-order valence-electron chi connectivity index (χ3n) is 4.54. The van der Waals surface area contributed by atoms with Crippen LogP contribution < -0.4 is 15.8 Å².